The fourth-order valence-corrected chi connectivity index (χ4v) is 3.38. The number of rotatable bonds is 9. The number of hydrogen-bond acceptors (Lipinski definition) is 5. The van der Waals surface area contributed by atoms with Gasteiger partial charge in [0.25, 0.3) is 11.8 Å². The van der Waals surface area contributed by atoms with Crippen molar-refractivity contribution in [2.24, 2.45) is 11.8 Å². The second-order valence-corrected chi connectivity index (χ2v) is 7.93. The number of ether oxygens (including phenoxy) is 2. The molecule has 1 aliphatic rings. The molecule has 160 valence electrons. The van der Waals surface area contributed by atoms with Gasteiger partial charge < -0.3 is 20.1 Å². The Bertz CT molecular complexity index is 677. The van der Waals surface area contributed by atoms with Gasteiger partial charge in [-0.2, -0.15) is 0 Å². The molecule has 0 aliphatic heterocycles. The highest BCUT2D eigenvalue weighted by Crippen LogP contribution is 2.23. The van der Waals surface area contributed by atoms with Crippen molar-refractivity contribution in [3.63, 3.8) is 0 Å². The molecule has 29 heavy (non-hydrogen) atoms. The molecule has 1 aromatic carbocycles. The zero-order valence-corrected chi connectivity index (χ0v) is 17.5. The molecule has 1 aliphatic carbocycles. The zero-order valence-electron chi connectivity index (χ0n) is 17.5. The van der Waals surface area contributed by atoms with Crippen molar-refractivity contribution < 1.29 is 23.9 Å². The third-order valence-corrected chi connectivity index (χ3v) is 5.15. The first-order chi connectivity index (χ1) is 13.9. The number of esters is 1. The van der Waals surface area contributed by atoms with E-state index in [1.54, 1.807) is 38.1 Å². The topological polar surface area (TPSA) is 93.7 Å². The number of para-hydroxylation sites is 1. The molecule has 2 N–H and O–H groups in total. The van der Waals surface area contributed by atoms with E-state index in [2.05, 4.69) is 17.6 Å². The van der Waals surface area contributed by atoms with Gasteiger partial charge in [-0.25, -0.2) is 4.79 Å². The fraction of sp³-hybridized carbons (Fsp3) is 0.591. The summed E-state index contributed by atoms with van der Waals surface area (Å²) in [6, 6.07) is 8.24. The number of carbonyl (C=O) groups is 3. The van der Waals surface area contributed by atoms with Crippen molar-refractivity contribution in [1.29, 1.82) is 0 Å². The van der Waals surface area contributed by atoms with Gasteiger partial charge in [0.1, 0.15) is 11.8 Å². The maximum Gasteiger partial charge on any atom is 0.329 e. The third-order valence-electron chi connectivity index (χ3n) is 5.15. The van der Waals surface area contributed by atoms with E-state index in [0.29, 0.717) is 11.7 Å². The number of hydrogen-bond donors (Lipinski definition) is 2. The van der Waals surface area contributed by atoms with E-state index < -0.39 is 17.9 Å². The van der Waals surface area contributed by atoms with Crippen LogP contribution in [0.5, 0.6) is 5.75 Å². The first-order valence-corrected chi connectivity index (χ1v) is 10.3. The van der Waals surface area contributed by atoms with Gasteiger partial charge in [-0.05, 0) is 36.8 Å². The minimum atomic E-state index is -0.844. The van der Waals surface area contributed by atoms with Crippen molar-refractivity contribution >= 4 is 17.8 Å². The van der Waals surface area contributed by atoms with E-state index in [9.17, 15) is 14.4 Å². The first kappa shape index (κ1) is 22.7. The van der Waals surface area contributed by atoms with Crippen LogP contribution in [0.25, 0.3) is 0 Å². The van der Waals surface area contributed by atoms with Crippen molar-refractivity contribution in [2.75, 3.05) is 13.2 Å². The van der Waals surface area contributed by atoms with E-state index in [4.69, 9.17) is 9.47 Å². The Morgan fingerprint density at radius 2 is 1.72 bits per heavy atom. The summed E-state index contributed by atoms with van der Waals surface area (Å²) in [6.07, 6.45) is 4.33. The van der Waals surface area contributed by atoms with Crippen molar-refractivity contribution in [3.8, 4) is 5.75 Å². The van der Waals surface area contributed by atoms with Crippen LogP contribution in [0.1, 0.15) is 46.5 Å². The molecule has 0 heterocycles. The van der Waals surface area contributed by atoms with Gasteiger partial charge in [-0.15, -0.1) is 0 Å². The molecular weight excluding hydrogens is 372 g/mol. The summed E-state index contributed by atoms with van der Waals surface area (Å²) in [5.74, 6) is -0.552. The second kappa shape index (κ2) is 11.4. The lowest BCUT2D eigenvalue weighted by atomic mass is 9.86. The van der Waals surface area contributed by atoms with Gasteiger partial charge in [0.05, 0.1) is 0 Å². The molecule has 1 saturated carbocycles. The van der Waals surface area contributed by atoms with Gasteiger partial charge in [-0.1, -0.05) is 51.8 Å². The molecule has 1 aromatic rings. The molecular formula is C22H32N2O5. The standard InChI is InChI=1S/C22H32N2O5/c1-15(2)21(24-20(26)13-28-17-10-5-4-6-11-17)22(27)29-14-19(25)23-18-12-8-7-9-16(18)3/h4-6,10-11,15-16,18,21H,7-9,12-14H2,1-3H3,(H,23,25)(H,24,26)/t16-,18+,21+/m1/s1. The smallest absolute Gasteiger partial charge is 0.329 e. The molecule has 2 amide bonds. The average molecular weight is 405 g/mol. The van der Waals surface area contributed by atoms with Gasteiger partial charge in [0.2, 0.25) is 0 Å². The zero-order chi connectivity index (χ0) is 21.2. The van der Waals surface area contributed by atoms with Gasteiger partial charge in [-0.3, -0.25) is 9.59 Å². The molecule has 0 saturated heterocycles. The van der Waals surface area contributed by atoms with Crippen LogP contribution in [0.4, 0.5) is 0 Å². The van der Waals surface area contributed by atoms with Gasteiger partial charge in [0, 0.05) is 6.04 Å². The summed E-state index contributed by atoms with van der Waals surface area (Å²) in [6.45, 7) is 5.17. The van der Waals surface area contributed by atoms with Gasteiger partial charge >= 0.3 is 5.97 Å². The lowest BCUT2D eigenvalue weighted by Crippen LogP contribution is -2.48. The van der Waals surface area contributed by atoms with E-state index in [-0.39, 0.29) is 31.1 Å². The van der Waals surface area contributed by atoms with Crippen LogP contribution in [0.3, 0.4) is 0 Å². The normalized spacial score (nSPS) is 19.9. The van der Waals surface area contributed by atoms with Crippen LogP contribution in [0, 0.1) is 11.8 Å². The fourth-order valence-electron chi connectivity index (χ4n) is 3.38. The molecule has 0 spiro atoms. The third kappa shape index (κ3) is 7.75. The second-order valence-electron chi connectivity index (χ2n) is 7.93. The van der Waals surface area contributed by atoms with Crippen molar-refractivity contribution in [1.82, 2.24) is 10.6 Å². The van der Waals surface area contributed by atoms with Crippen LogP contribution in [-0.4, -0.2) is 43.1 Å². The Hall–Kier alpha value is -2.57. The predicted octanol–water partition coefficient (Wildman–Crippen LogP) is 2.44. The summed E-state index contributed by atoms with van der Waals surface area (Å²) in [5.41, 5.74) is 0. The van der Waals surface area contributed by atoms with E-state index in [1.165, 1.54) is 6.42 Å². The molecule has 3 atom stereocenters. The number of nitrogens with one attached hydrogen (secondary N) is 2. The maximum atomic E-state index is 12.4. The summed E-state index contributed by atoms with van der Waals surface area (Å²) in [4.78, 5) is 36.7. The Morgan fingerprint density at radius 1 is 1.03 bits per heavy atom. The summed E-state index contributed by atoms with van der Waals surface area (Å²) in [5, 5.41) is 5.58. The molecule has 0 radical (unpaired) electrons. The SMILES string of the molecule is CC(C)[C@H](NC(=O)COc1ccccc1)C(=O)OCC(=O)N[C@H]1CCCC[C@H]1C. The number of carbonyl (C=O) groups excluding carboxylic acids is 3. The van der Waals surface area contributed by atoms with Crippen molar-refractivity contribution in [3.05, 3.63) is 30.3 Å². The summed E-state index contributed by atoms with van der Waals surface area (Å²) in [7, 11) is 0. The van der Waals surface area contributed by atoms with Crippen LogP contribution >= 0.6 is 0 Å². The summed E-state index contributed by atoms with van der Waals surface area (Å²) >= 11 is 0. The van der Waals surface area contributed by atoms with Crippen molar-refractivity contribution in [2.45, 2.75) is 58.5 Å². The molecule has 7 heteroatoms. The average Bonchev–Trinajstić information content (AvgIpc) is 2.71. The predicted molar refractivity (Wildman–Crippen MR) is 109 cm³/mol. The highest BCUT2D eigenvalue weighted by molar-refractivity contribution is 5.87. The molecule has 0 bridgehead atoms. The highest BCUT2D eigenvalue weighted by atomic mass is 16.5. The largest absolute Gasteiger partial charge is 0.484 e. The van der Waals surface area contributed by atoms with E-state index >= 15 is 0 Å². The Morgan fingerprint density at radius 3 is 2.38 bits per heavy atom. The van der Waals surface area contributed by atoms with E-state index in [0.717, 1.165) is 19.3 Å². The Labute approximate surface area is 172 Å². The molecule has 2 rings (SSSR count). The minimum Gasteiger partial charge on any atom is -0.484 e. The summed E-state index contributed by atoms with van der Waals surface area (Å²) < 4.78 is 10.6. The highest BCUT2D eigenvalue weighted by Gasteiger charge is 2.27. The molecule has 7 nitrogen and oxygen atoms in total. The monoisotopic (exact) mass is 404 g/mol. The lowest BCUT2D eigenvalue weighted by Gasteiger charge is -2.29. The molecule has 0 unspecified atom stereocenters. The number of amides is 2. The molecule has 0 aromatic heterocycles. The van der Waals surface area contributed by atoms with Crippen LogP contribution in [-0.2, 0) is 19.1 Å². The van der Waals surface area contributed by atoms with Crippen LogP contribution in [0.15, 0.2) is 30.3 Å². The van der Waals surface area contributed by atoms with Gasteiger partial charge in [0.15, 0.2) is 13.2 Å². The maximum absolute atomic E-state index is 12.4. The Kier molecular flexibility index (Phi) is 8.96. The quantitative estimate of drug-likeness (QED) is 0.617. The molecule has 1 fully saturated rings. The number of benzene rings is 1. The first-order valence-electron chi connectivity index (χ1n) is 10.3. The van der Waals surface area contributed by atoms with Crippen LogP contribution < -0.4 is 15.4 Å². The minimum absolute atomic E-state index is 0.130. The lowest BCUT2D eigenvalue weighted by molar-refractivity contribution is -0.153. The van der Waals surface area contributed by atoms with E-state index in [1.807, 2.05) is 6.07 Å². The Balaban J connectivity index is 1.77. The van der Waals surface area contributed by atoms with Crippen LogP contribution in [0.2, 0.25) is 0 Å².